The van der Waals surface area contributed by atoms with Gasteiger partial charge in [-0.15, -0.1) is 11.3 Å². The summed E-state index contributed by atoms with van der Waals surface area (Å²) in [5.41, 5.74) is 0.811. The highest BCUT2D eigenvalue weighted by Crippen LogP contribution is 2.35. The molecule has 0 saturated carbocycles. The Morgan fingerprint density at radius 2 is 2.03 bits per heavy atom. The Morgan fingerprint density at radius 1 is 1.22 bits per heavy atom. The number of halogens is 1. The van der Waals surface area contributed by atoms with Crippen LogP contribution in [0.4, 0.5) is 5.13 Å². The molecule has 0 spiro atoms. The van der Waals surface area contributed by atoms with E-state index in [1.165, 1.54) is 21.7 Å². The number of hydrogen-bond acceptors (Lipinski definition) is 8. The number of aromatic nitrogens is 1. The molecule has 1 fully saturated rings. The number of anilines is 1. The van der Waals surface area contributed by atoms with Gasteiger partial charge in [-0.1, -0.05) is 22.9 Å². The van der Waals surface area contributed by atoms with Crippen molar-refractivity contribution in [1.29, 1.82) is 0 Å². The largest absolute Gasteiger partial charge is 0.494 e. The van der Waals surface area contributed by atoms with Crippen molar-refractivity contribution in [2.45, 2.75) is 30.4 Å². The molecule has 4 rings (SSSR count). The van der Waals surface area contributed by atoms with Crippen LogP contribution in [0.3, 0.4) is 0 Å². The van der Waals surface area contributed by atoms with E-state index in [-0.39, 0.29) is 16.7 Å². The summed E-state index contributed by atoms with van der Waals surface area (Å²) in [4.78, 5) is 22.4. The van der Waals surface area contributed by atoms with Crippen LogP contribution in [-0.2, 0) is 14.8 Å². The topological polar surface area (TPSA) is 83.1 Å². The SMILES string of the molecule is CCOc1ccc2nc(N(CCCN(C)C)C(=O)C3CCCN(S(=O)(=O)c4ccc(Cl)s4)C3)sc2c1. The fraction of sp³-hybridized carbons (Fsp3) is 0.500. The van der Waals surface area contributed by atoms with Crippen molar-refractivity contribution in [3.8, 4) is 5.75 Å². The first-order chi connectivity index (χ1) is 17.2. The van der Waals surface area contributed by atoms with Crippen molar-refractivity contribution < 1.29 is 17.9 Å². The van der Waals surface area contributed by atoms with Crippen molar-refractivity contribution in [2.75, 3.05) is 51.8 Å². The molecule has 0 radical (unpaired) electrons. The molecule has 1 aliphatic heterocycles. The number of thiophene rings is 1. The summed E-state index contributed by atoms with van der Waals surface area (Å²) in [5, 5.41) is 0.632. The molecule has 0 aliphatic carbocycles. The summed E-state index contributed by atoms with van der Waals surface area (Å²) in [5.74, 6) is 0.253. The second-order valence-electron chi connectivity index (χ2n) is 8.97. The van der Waals surface area contributed by atoms with E-state index in [0.29, 0.717) is 42.0 Å². The Hall–Kier alpha value is -1.76. The number of piperidine rings is 1. The van der Waals surface area contributed by atoms with Crippen molar-refractivity contribution in [3.63, 3.8) is 0 Å². The van der Waals surface area contributed by atoms with Crippen LogP contribution in [0.5, 0.6) is 5.75 Å². The van der Waals surface area contributed by atoms with Crippen molar-refractivity contribution in [3.05, 3.63) is 34.7 Å². The van der Waals surface area contributed by atoms with Crippen molar-refractivity contribution >= 4 is 65.6 Å². The van der Waals surface area contributed by atoms with Crippen LogP contribution in [0.15, 0.2) is 34.5 Å². The predicted molar refractivity (Wildman–Crippen MR) is 147 cm³/mol. The van der Waals surface area contributed by atoms with Crippen LogP contribution >= 0.6 is 34.3 Å². The van der Waals surface area contributed by atoms with Gasteiger partial charge in [-0.05, 0) is 77.2 Å². The highest BCUT2D eigenvalue weighted by atomic mass is 35.5. The number of nitrogens with zero attached hydrogens (tertiary/aromatic N) is 4. The number of carbonyl (C=O) groups excluding carboxylic acids is 1. The van der Waals surface area contributed by atoms with E-state index in [4.69, 9.17) is 21.3 Å². The third-order valence-corrected chi connectivity index (χ3v) is 10.6. The molecular weight excluding hydrogens is 540 g/mol. The van der Waals surface area contributed by atoms with E-state index < -0.39 is 15.9 Å². The number of amides is 1. The van der Waals surface area contributed by atoms with Crippen LogP contribution < -0.4 is 9.64 Å². The molecule has 1 saturated heterocycles. The van der Waals surface area contributed by atoms with Gasteiger partial charge in [0, 0.05) is 19.6 Å². The molecule has 12 heteroatoms. The Labute approximate surface area is 225 Å². The first-order valence-electron chi connectivity index (χ1n) is 11.9. The smallest absolute Gasteiger partial charge is 0.252 e. The summed E-state index contributed by atoms with van der Waals surface area (Å²) >= 11 is 8.48. The third kappa shape index (κ3) is 6.20. The summed E-state index contributed by atoms with van der Waals surface area (Å²) in [6, 6.07) is 8.85. The van der Waals surface area contributed by atoms with Gasteiger partial charge in [-0.25, -0.2) is 13.4 Å². The lowest BCUT2D eigenvalue weighted by Gasteiger charge is -2.33. The number of sulfonamides is 1. The predicted octanol–water partition coefficient (Wildman–Crippen LogP) is 4.80. The van der Waals surface area contributed by atoms with Crippen LogP contribution in [0.2, 0.25) is 4.34 Å². The van der Waals surface area contributed by atoms with Gasteiger partial charge in [-0.3, -0.25) is 9.69 Å². The maximum absolute atomic E-state index is 13.8. The third-order valence-electron chi connectivity index (χ3n) is 6.02. The Morgan fingerprint density at radius 3 is 2.72 bits per heavy atom. The molecule has 1 aromatic carbocycles. The minimum absolute atomic E-state index is 0.0815. The quantitative estimate of drug-likeness (QED) is 0.348. The molecule has 0 bridgehead atoms. The fourth-order valence-corrected chi connectivity index (χ4v) is 8.44. The maximum atomic E-state index is 13.8. The minimum Gasteiger partial charge on any atom is -0.494 e. The van der Waals surface area contributed by atoms with Gasteiger partial charge in [0.1, 0.15) is 9.96 Å². The Balaban J connectivity index is 1.58. The van der Waals surface area contributed by atoms with Crippen molar-refractivity contribution in [1.82, 2.24) is 14.2 Å². The lowest BCUT2D eigenvalue weighted by atomic mass is 9.98. The van der Waals surface area contributed by atoms with E-state index in [1.807, 2.05) is 39.2 Å². The van der Waals surface area contributed by atoms with E-state index in [2.05, 4.69) is 4.90 Å². The second-order valence-corrected chi connectivity index (χ2v) is 13.9. The molecule has 36 heavy (non-hydrogen) atoms. The zero-order valence-electron chi connectivity index (χ0n) is 20.6. The lowest BCUT2D eigenvalue weighted by molar-refractivity contribution is -0.123. The molecule has 3 aromatic rings. The molecule has 3 heterocycles. The molecule has 196 valence electrons. The summed E-state index contributed by atoms with van der Waals surface area (Å²) in [6.07, 6.45) is 2.04. The van der Waals surface area contributed by atoms with Gasteiger partial charge in [-0.2, -0.15) is 4.31 Å². The number of fused-ring (bicyclic) bond motifs is 1. The van der Waals surface area contributed by atoms with Gasteiger partial charge in [0.15, 0.2) is 5.13 Å². The van der Waals surface area contributed by atoms with Gasteiger partial charge < -0.3 is 9.64 Å². The van der Waals surface area contributed by atoms with Crippen LogP contribution in [-0.4, -0.2) is 75.4 Å². The number of thiazole rings is 1. The number of hydrogen-bond donors (Lipinski definition) is 0. The van der Waals surface area contributed by atoms with E-state index in [1.54, 1.807) is 11.0 Å². The molecule has 2 aromatic heterocycles. The first-order valence-corrected chi connectivity index (χ1v) is 15.4. The first kappa shape index (κ1) is 27.3. The maximum Gasteiger partial charge on any atom is 0.252 e. The highest BCUT2D eigenvalue weighted by Gasteiger charge is 2.36. The monoisotopic (exact) mass is 570 g/mol. The van der Waals surface area contributed by atoms with Gasteiger partial charge in [0.25, 0.3) is 10.0 Å². The number of ether oxygens (including phenoxy) is 1. The standard InChI is InChI=1S/C24H31ClN4O4S3/c1-4-33-18-8-9-19-20(15-18)34-24(26-19)29(14-6-12-27(2)3)23(30)17-7-5-13-28(16-17)36(31,32)22-11-10-21(25)35-22/h8-11,15,17H,4-7,12-14,16H2,1-3H3. The van der Waals surface area contributed by atoms with E-state index >= 15 is 0 Å². The lowest BCUT2D eigenvalue weighted by Crippen LogP contribution is -2.47. The zero-order chi connectivity index (χ0) is 25.9. The number of benzene rings is 1. The number of carbonyl (C=O) groups is 1. The average Bonchev–Trinajstić information content (AvgIpc) is 3.48. The Bertz CT molecular complexity index is 1310. The molecule has 8 nitrogen and oxygen atoms in total. The molecular formula is C24H31ClN4O4S3. The molecule has 1 unspecified atom stereocenters. The van der Waals surface area contributed by atoms with Crippen LogP contribution in [0.1, 0.15) is 26.2 Å². The van der Waals surface area contributed by atoms with Crippen LogP contribution in [0.25, 0.3) is 10.2 Å². The van der Waals surface area contributed by atoms with Crippen LogP contribution in [0, 0.1) is 5.92 Å². The molecule has 0 N–H and O–H groups in total. The minimum atomic E-state index is -3.69. The Kier molecular flexibility index (Phi) is 8.90. The average molecular weight is 571 g/mol. The summed E-state index contributed by atoms with van der Waals surface area (Å²) in [6.45, 7) is 4.40. The molecule has 1 aliphatic rings. The van der Waals surface area contributed by atoms with E-state index in [9.17, 15) is 13.2 Å². The number of rotatable bonds is 10. The van der Waals surface area contributed by atoms with Crippen molar-refractivity contribution in [2.24, 2.45) is 5.92 Å². The second kappa shape index (κ2) is 11.7. The summed E-state index contributed by atoms with van der Waals surface area (Å²) in [7, 11) is 0.306. The van der Waals surface area contributed by atoms with Gasteiger partial charge >= 0.3 is 0 Å². The normalized spacial score (nSPS) is 17.1. The van der Waals surface area contributed by atoms with Gasteiger partial charge in [0.2, 0.25) is 5.91 Å². The zero-order valence-corrected chi connectivity index (χ0v) is 23.9. The molecule has 1 amide bonds. The molecule has 1 atom stereocenters. The van der Waals surface area contributed by atoms with E-state index in [0.717, 1.165) is 40.3 Å². The van der Waals surface area contributed by atoms with Gasteiger partial charge in [0.05, 0.1) is 27.1 Å². The fourth-order valence-electron chi connectivity index (χ4n) is 4.26. The highest BCUT2D eigenvalue weighted by molar-refractivity contribution is 7.91. The summed E-state index contributed by atoms with van der Waals surface area (Å²) < 4.78 is 35.0.